The number of carbonyl (C=O) groups is 2. The van der Waals surface area contributed by atoms with Crippen molar-refractivity contribution < 1.29 is 18.7 Å². The van der Waals surface area contributed by atoms with Gasteiger partial charge in [0.1, 0.15) is 5.60 Å². The molecule has 0 aliphatic heterocycles. The summed E-state index contributed by atoms with van der Waals surface area (Å²) < 4.78 is 10.1. The van der Waals surface area contributed by atoms with E-state index in [2.05, 4.69) is 5.32 Å². The lowest BCUT2D eigenvalue weighted by Crippen LogP contribution is -2.43. The number of hydrogen-bond donors (Lipinski definition) is 1. The Morgan fingerprint density at radius 2 is 2.11 bits per heavy atom. The molecule has 0 radical (unpaired) electrons. The first-order chi connectivity index (χ1) is 8.33. The van der Waals surface area contributed by atoms with Gasteiger partial charge in [0.15, 0.2) is 5.76 Å². The number of hydrogen-bond acceptors (Lipinski definition) is 4. The van der Waals surface area contributed by atoms with E-state index in [0.717, 1.165) is 0 Å². The molecular formula is C13H19NO4. The molecule has 18 heavy (non-hydrogen) atoms. The van der Waals surface area contributed by atoms with Crippen LogP contribution in [0, 0.1) is 0 Å². The maximum atomic E-state index is 12.0. The van der Waals surface area contributed by atoms with Gasteiger partial charge in [-0.1, -0.05) is 6.92 Å². The molecule has 5 heteroatoms. The van der Waals surface area contributed by atoms with Crippen molar-refractivity contribution in [3.05, 3.63) is 24.2 Å². The Balaban J connectivity index is 2.63. The molecule has 0 unspecified atom stereocenters. The number of furan rings is 1. The summed E-state index contributed by atoms with van der Waals surface area (Å²) in [6.45, 7) is 7.11. The Hall–Kier alpha value is -1.78. The molecule has 1 aromatic rings. The van der Waals surface area contributed by atoms with Crippen molar-refractivity contribution in [2.24, 2.45) is 0 Å². The number of alkyl carbamates (subject to hydrolysis) is 1. The van der Waals surface area contributed by atoms with E-state index in [9.17, 15) is 9.59 Å². The Labute approximate surface area is 106 Å². The summed E-state index contributed by atoms with van der Waals surface area (Å²) in [5.41, 5.74) is -0.587. The second-order valence-corrected chi connectivity index (χ2v) is 4.95. The van der Waals surface area contributed by atoms with Crippen molar-refractivity contribution in [3.63, 3.8) is 0 Å². The van der Waals surface area contributed by atoms with E-state index in [-0.39, 0.29) is 11.5 Å². The molecular weight excluding hydrogens is 234 g/mol. The van der Waals surface area contributed by atoms with Crippen LogP contribution in [0.5, 0.6) is 0 Å². The molecule has 1 aromatic heterocycles. The van der Waals surface area contributed by atoms with Crippen LogP contribution in [0.25, 0.3) is 0 Å². The fourth-order valence-corrected chi connectivity index (χ4v) is 1.39. The molecule has 5 nitrogen and oxygen atoms in total. The molecule has 0 aromatic carbocycles. The monoisotopic (exact) mass is 253 g/mol. The third-order valence-corrected chi connectivity index (χ3v) is 2.18. The van der Waals surface area contributed by atoms with Gasteiger partial charge in [-0.15, -0.1) is 0 Å². The summed E-state index contributed by atoms with van der Waals surface area (Å²) in [5.74, 6) is -0.0220. The molecule has 0 saturated carbocycles. The molecule has 1 rings (SSSR count). The number of Topliss-reactive ketones (excluding diaryl/α,β-unsaturated/α-hetero) is 1. The third kappa shape index (κ3) is 4.24. The highest BCUT2D eigenvalue weighted by molar-refractivity contribution is 5.99. The summed E-state index contributed by atoms with van der Waals surface area (Å²) in [7, 11) is 0. The summed E-state index contributed by atoms with van der Waals surface area (Å²) in [5, 5.41) is 2.54. The number of nitrogens with one attached hydrogen (secondary N) is 1. The normalized spacial score (nSPS) is 12.9. The molecule has 100 valence electrons. The molecule has 1 N–H and O–H groups in total. The zero-order chi connectivity index (χ0) is 13.8. The van der Waals surface area contributed by atoms with Crippen molar-refractivity contribution in [2.45, 2.75) is 45.8 Å². The summed E-state index contributed by atoms with van der Waals surface area (Å²) in [6, 6.07) is 2.57. The average Bonchev–Trinajstić information content (AvgIpc) is 2.75. The van der Waals surface area contributed by atoms with E-state index in [4.69, 9.17) is 9.15 Å². The molecule has 1 atom stereocenters. The van der Waals surface area contributed by atoms with Gasteiger partial charge in [-0.3, -0.25) is 4.79 Å². The van der Waals surface area contributed by atoms with Gasteiger partial charge in [0, 0.05) is 0 Å². The van der Waals surface area contributed by atoms with Crippen molar-refractivity contribution in [1.29, 1.82) is 0 Å². The van der Waals surface area contributed by atoms with E-state index in [0.29, 0.717) is 6.42 Å². The van der Waals surface area contributed by atoms with Crippen molar-refractivity contribution in [1.82, 2.24) is 5.32 Å². The number of ether oxygens (including phenoxy) is 1. The predicted molar refractivity (Wildman–Crippen MR) is 66.5 cm³/mol. The van der Waals surface area contributed by atoms with Crippen molar-refractivity contribution in [3.8, 4) is 0 Å². The Bertz CT molecular complexity index is 403. The zero-order valence-electron chi connectivity index (χ0n) is 11.1. The lowest BCUT2D eigenvalue weighted by molar-refractivity contribution is 0.0488. The standard InChI is InChI=1S/C13H19NO4/c1-5-9(11(15)10-7-6-8-17-10)14-12(16)18-13(2,3)4/h6-9H,5H2,1-4H3,(H,14,16)/t9-/m0/s1. The minimum Gasteiger partial charge on any atom is -0.461 e. The summed E-state index contributed by atoms with van der Waals surface area (Å²) in [4.78, 5) is 23.6. The zero-order valence-corrected chi connectivity index (χ0v) is 11.1. The third-order valence-electron chi connectivity index (χ3n) is 2.18. The molecule has 1 heterocycles. The SMILES string of the molecule is CC[C@H](NC(=O)OC(C)(C)C)C(=O)c1ccco1. The van der Waals surface area contributed by atoms with E-state index in [1.54, 1.807) is 32.9 Å². The number of rotatable bonds is 4. The topological polar surface area (TPSA) is 68.5 Å². The molecule has 0 spiro atoms. The second kappa shape index (κ2) is 5.71. The average molecular weight is 253 g/mol. The van der Waals surface area contributed by atoms with Crippen LogP contribution in [0.3, 0.4) is 0 Å². The lowest BCUT2D eigenvalue weighted by atomic mass is 10.1. The van der Waals surface area contributed by atoms with Crippen LogP contribution in [-0.4, -0.2) is 23.5 Å². The van der Waals surface area contributed by atoms with Crippen LogP contribution >= 0.6 is 0 Å². The van der Waals surface area contributed by atoms with Crippen molar-refractivity contribution in [2.75, 3.05) is 0 Å². The minimum atomic E-state index is -0.633. The van der Waals surface area contributed by atoms with Crippen LogP contribution in [0.4, 0.5) is 4.79 Å². The van der Waals surface area contributed by atoms with Gasteiger partial charge >= 0.3 is 6.09 Å². The Morgan fingerprint density at radius 1 is 1.44 bits per heavy atom. The first kappa shape index (κ1) is 14.3. The van der Waals surface area contributed by atoms with Gasteiger partial charge < -0.3 is 14.5 Å². The van der Waals surface area contributed by atoms with E-state index in [1.807, 2.05) is 6.92 Å². The Kier molecular flexibility index (Phi) is 4.53. The quantitative estimate of drug-likeness (QED) is 0.838. The van der Waals surface area contributed by atoms with E-state index < -0.39 is 17.7 Å². The first-order valence-corrected chi connectivity index (χ1v) is 5.90. The molecule has 0 saturated heterocycles. The van der Waals surface area contributed by atoms with Gasteiger partial charge in [0.2, 0.25) is 5.78 Å². The van der Waals surface area contributed by atoms with Crippen LogP contribution in [-0.2, 0) is 4.74 Å². The molecule has 1 amide bonds. The van der Waals surface area contributed by atoms with Crippen LogP contribution in [0.15, 0.2) is 22.8 Å². The number of ketones is 1. The highest BCUT2D eigenvalue weighted by Gasteiger charge is 2.25. The maximum Gasteiger partial charge on any atom is 0.408 e. The van der Waals surface area contributed by atoms with Crippen LogP contribution < -0.4 is 5.32 Å². The van der Waals surface area contributed by atoms with Gasteiger partial charge in [-0.05, 0) is 39.3 Å². The summed E-state index contributed by atoms with van der Waals surface area (Å²) >= 11 is 0. The fraction of sp³-hybridized carbons (Fsp3) is 0.538. The largest absolute Gasteiger partial charge is 0.461 e. The Morgan fingerprint density at radius 3 is 2.56 bits per heavy atom. The summed E-state index contributed by atoms with van der Waals surface area (Å²) in [6.07, 6.45) is 1.29. The molecule has 0 aliphatic carbocycles. The van der Waals surface area contributed by atoms with Gasteiger partial charge in [0.25, 0.3) is 0 Å². The number of amides is 1. The second-order valence-electron chi connectivity index (χ2n) is 4.95. The van der Waals surface area contributed by atoms with E-state index >= 15 is 0 Å². The van der Waals surface area contributed by atoms with Crippen LogP contribution in [0.2, 0.25) is 0 Å². The smallest absolute Gasteiger partial charge is 0.408 e. The van der Waals surface area contributed by atoms with Gasteiger partial charge in [-0.25, -0.2) is 4.79 Å². The lowest BCUT2D eigenvalue weighted by Gasteiger charge is -2.22. The predicted octanol–water partition coefficient (Wildman–Crippen LogP) is 2.77. The highest BCUT2D eigenvalue weighted by atomic mass is 16.6. The van der Waals surface area contributed by atoms with Crippen LogP contribution in [0.1, 0.15) is 44.7 Å². The maximum absolute atomic E-state index is 12.0. The highest BCUT2D eigenvalue weighted by Crippen LogP contribution is 2.10. The first-order valence-electron chi connectivity index (χ1n) is 5.90. The van der Waals surface area contributed by atoms with Gasteiger partial charge in [0.05, 0.1) is 12.3 Å². The molecule has 0 aliphatic rings. The molecule has 0 fully saturated rings. The van der Waals surface area contributed by atoms with E-state index in [1.165, 1.54) is 6.26 Å². The number of carbonyl (C=O) groups excluding carboxylic acids is 2. The molecule has 0 bridgehead atoms. The van der Waals surface area contributed by atoms with Crippen molar-refractivity contribution >= 4 is 11.9 Å². The fourth-order valence-electron chi connectivity index (χ4n) is 1.39. The minimum absolute atomic E-state index is 0.234. The van der Waals surface area contributed by atoms with Gasteiger partial charge in [-0.2, -0.15) is 0 Å².